The molecule has 0 aliphatic heterocycles. The molecule has 8 heteroatoms. The summed E-state index contributed by atoms with van der Waals surface area (Å²) in [5.74, 6) is 2.19. The van der Waals surface area contributed by atoms with Crippen LogP contribution < -0.4 is 10.1 Å². The Balaban J connectivity index is 1.40. The molecule has 0 fully saturated rings. The van der Waals surface area contributed by atoms with E-state index in [1.54, 1.807) is 18.9 Å². The van der Waals surface area contributed by atoms with E-state index in [1.165, 1.54) is 16.7 Å². The number of amides is 1. The van der Waals surface area contributed by atoms with Crippen molar-refractivity contribution in [3.05, 3.63) is 60.5 Å². The van der Waals surface area contributed by atoms with E-state index in [0.29, 0.717) is 12.3 Å². The van der Waals surface area contributed by atoms with Gasteiger partial charge in [0.1, 0.15) is 5.75 Å². The van der Waals surface area contributed by atoms with Gasteiger partial charge in [-0.1, -0.05) is 23.3 Å². The number of hydrogen-bond donors (Lipinski definition) is 1. The molecule has 0 aliphatic carbocycles. The predicted octanol–water partition coefficient (Wildman–Crippen LogP) is 4.14. The number of carbonyl (C=O) groups is 1. The van der Waals surface area contributed by atoms with Crippen LogP contribution in [0.3, 0.4) is 0 Å². The van der Waals surface area contributed by atoms with Gasteiger partial charge in [0.15, 0.2) is 0 Å². The average Bonchev–Trinajstić information content (AvgIpc) is 3.14. The Labute approximate surface area is 166 Å². The molecule has 3 rings (SSSR count). The summed E-state index contributed by atoms with van der Waals surface area (Å²) in [4.78, 5) is 14.2. The van der Waals surface area contributed by atoms with Gasteiger partial charge in [0, 0.05) is 22.0 Å². The van der Waals surface area contributed by atoms with Gasteiger partial charge in [-0.3, -0.25) is 10.1 Å². The topological polar surface area (TPSA) is 77.2 Å². The van der Waals surface area contributed by atoms with Gasteiger partial charge >= 0.3 is 6.01 Å². The minimum atomic E-state index is -0.190. The van der Waals surface area contributed by atoms with Crippen molar-refractivity contribution >= 4 is 35.4 Å². The van der Waals surface area contributed by atoms with Crippen LogP contribution in [0.5, 0.6) is 5.75 Å². The number of aryl methyl sites for hydroxylation is 1. The van der Waals surface area contributed by atoms with Crippen molar-refractivity contribution in [1.82, 2.24) is 10.2 Å². The molecule has 2 aromatic carbocycles. The van der Waals surface area contributed by atoms with Crippen molar-refractivity contribution in [2.24, 2.45) is 0 Å². The number of methoxy groups -OCH3 is 1. The first-order chi connectivity index (χ1) is 13.2. The Morgan fingerprint density at radius 1 is 1.04 bits per heavy atom. The number of benzene rings is 2. The van der Waals surface area contributed by atoms with Crippen LogP contribution in [-0.4, -0.2) is 34.7 Å². The van der Waals surface area contributed by atoms with Crippen LogP contribution in [0.1, 0.15) is 5.89 Å². The maximum Gasteiger partial charge on any atom is 0.322 e. The van der Waals surface area contributed by atoms with Gasteiger partial charge in [-0.05, 0) is 36.4 Å². The predicted molar refractivity (Wildman–Crippen MR) is 108 cm³/mol. The van der Waals surface area contributed by atoms with Crippen LogP contribution in [0, 0.1) is 0 Å². The molecule has 1 amide bonds. The van der Waals surface area contributed by atoms with E-state index in [0.717, 1.165) is 16.4 Å². The summed E-state index contributed by atoms with van der Waals surface area (Å²) in [6, 6.07) is 17.8. The maximum atomic E-state index is 12.0. The number of anilines is 1. The number of hydrogen-bond acceptors (Lipinski definition) is 7. The number of carbonyl (C=O) groups excluding carboxylic acids is 1. The Morgan fingerprint density at radius 3 is 2.52 bits per heavy atom. The monoisotopic (exact) mass is 401 g/mol. The summed E-state index contributed by atoms with van der Waals surface area (Å²) in [5.41, 5.74) is 0. The molecule has 0 atom stereocenters. The highest BCUT2D eigenvalue weighted by molar-refractivity contribution is 8.00. The highest BCUT2D eigenvalue weighted by Crippen LogP contribution is 2.22. The molecular weight excluding hydrogens is 382 g/mol. The van der Waals surface area contributed by atoms with Gasteiger partial charge in [-0.15, -0.1) is 28.6 Å². The highest BCUT2D eigenvalue weighted by Gasteiger charge is 2.10. The Morgan fingerprint density at radius 2 is 1.78 bits per heavy atom. The van der Waals surface area contributed by atoms with Gasteiger partial charge in [0.25, 0.3) is 0 Å². The Hall–Kier alpha value is -2.45. The molecule has 0 aliphatic rings. The van der Waals surface area contributed by atoms with E-state index >= 15 is 0 Å². The first-order valence-corrected chi connectivity index (χ1v) is 10.3. The van der Waals surface area contributed by atoms with Gasteiger partial charge in [-0.25, -0.2) is 0 Å². The zero-order chi connectivity index (χ0) is 18.9. The van der Waals surface area contributed by atoms with Crippen LogP contribution in [0.15, 0.2) is 68.8 Å². The average molecular weight is 402 g/mol. The number of ether oxygens (including phenoxy) is 1. The summed E-state index contributed by atoms with van der Waals surface area (Å²) in [5, 5.41) is 10.5. The fourth-order valence-electron chi connectivity index (χ4n) is 2.15. The van der Waals surface area contributed by atoms with Gasteiger partial charge in [0.2, 0.25) is 11.8 Å². The summed E-state index contributed by atoms with van der Waals surface area (Å²) < 4.78 is 10.6. The summed E-state index contributed by atoms with van der Waals surface area (Å²) >= 11 is 3.14. The van der Waals surface area contributed by atoms with Crippen molar-refractivity contribution in [2.45, 2.75) is 16.2 Å². The number of thioether (sulfide) groups is 2. The van der Waals surface area contributed by atoms with Gasteiger partial charge < -0.3 is 9.15 Å². The van der Waals surface area contributed by atoms with Crippen LogP contribution >= 0.6 is 23.5 Å². The molecule has 0 radical (unpaired) electrons. The third-order valence-corrected chi connectivity index (χ3v) is 5.50. The maximum absolute atomic E-state index is 12.0. The second-order valence-electron chi connectivity index (χ2n) is 5.42. The van der Waals surface area contributed by atoms with E-state index in [-0.39, 0.29) is 17.7 Å². The van der Waals surface area contributed by atoms with E-state index in [1.807, 2.05) is 42.5 Å². The van der Waals surface area contributed by atoms with Crippen molar-refractivity contribution in [3.63, 3.8) is 0 Å². The third-order valence-electron chi connectivity index (χ3n) is 3.47. The molecule has 6 nitrogen and oxygen atoms in total. The molecule has 0 saturated carbocycles. The van der Waals surface area contributed by atoms with Crippen molar-refractivity contribution < 1.29 is 13.9 Å². The van der Waals surface area contributed by atoms with E-state index in [9.17, 15) is 4.79 Å². The third kappa shape index (κ3) is 6.33. The normalized spacial score (nSPS) is 10.6. The van der Waals surface area contributed by atoms with E-state index in [4.69, 9.17) is 9.15 Å². The minimum Gasteiger partial charge on any atom is -0.497 e. The van der Waals surface area contributed by atoms with Crippen LogP contribution in [-0.2, 0) is 11.2 Å². The standard InChI is InChI=1S/C19H19N3O3S2/c1-24-14-7-9-16(10-8-14)27-13-17(23)20-19-22-21-18(25-19)11-12-26-15-5-3-2-4-6-15/h2-10H,11-13H2,1H3,(H,20,22,23). The SMILES string of the molecule is COc1ccc(SCC(=O)Nc2nnc(CCSc3ccccc3)o2)cc1. The molecule has 140 valence electrons. The molecule has 1 aromatic heterocycles. The molecule has 27 heavy (non-hydrogen) atoms. The lowest BCUT2D eigenvalue weighted by molar-refractivity contribution is -0.113. The fourth-order valence-corrected chi connectivity index (χ4v) is 3.71. The van der Waals surface area contributed by atoms with Crippen molar-refractivity contribution in [2.75, 3.05) is 23.9 Å². The van der Waals surface area contributed by atoms with E-state index in [2.05, 4.69) is 27.6 Å². The Kier molecular flexibility index (Phi) is 7.18. The summed E-state index contributed by atoms with van der Waals surface area (Å²) in [6.07, 6.45) is 0.642. The lowest BCUT2D eigenvalue weighted by Gasteiger charge is -2.03. The molecular formula is C19H19N3O3S2. The number of nitrogens with zero attached hydrogens (tertiary/aromatic N) is 2. The Bertz CT molecular complexity index is 854. The minimum absolute atomic E-state index is 0.134. The second-order valence-corrected chi connectivity index (χ2v) is 7.64. The van der Waals surface area contributed by atoms with Crippen molar-refractivity contribution in [1.29, 1.82) is 0 Å². The highest BCUT2D eigenvalue weighted by atomic mass is 32.2. The quantitative estimate of drug-likeness (QED) is 0.540. The molecule has 0 spiro atoms. The number of aromatic nitrogens is 2. The molecule has 3 aromatic rings. The molecule has 1 heterocycles. The second kappa shape index (κ2) is 10.0. The zero-order valence-electron chi connectivity index (χ0n) is 14.8. The van der Waals surface area contributed by atoms with Crippen molar-refractivity contribution in [3.8, 4) is 5.75 Å². The lowest BCUT2D eigenvalue weighted by Crippen LogP contribution is -2.14. The van der Waals surface area contributed by atoms with Gasteiger partial charge in [-0.2, -0.15) is 0 Å². The van der Waals surface area contributed by atoms with E-state index < -0.39 is 0 Å². The zero-order valence-corrected chi connectivity index (χ0v) is 16.4. The molecule has 0 unspecified atom stereocenters. The number of nitrogens with one attached hydrogen (secondary N) is 1. The first kappa shape index (κ1) is 19.3. The van der Waals surface area contributed by atoms with Crippen LogP contribution in [0.2, 0.25) is 0 Å². The lowest BCUT2D eigenvalue weighted by atomic mass is 10.3. The summed E-state index contributed by atoms with van der Waals surface area (Å²) in [6.45, 7) is 0. The van der Waals surface area contributed by atoms with Gasteiger partial charge in [0.05, 0.1) is 12.9 Å². The molecule has 1 N–H and O–H groups in total. The van der Waals surface area contributed by atoms with Crippen LogP contribution in [0.4, 0.5) is 6.01 Å². The summed E-state index contributed by atoms with van der Waals surface area (Å²) in [7, 11) is 1.62. The smallest absolute Gasteiger partial charge is 0.322 e. The first-order valence-electron chi connectivity index (χ1n) is 8.30. The fraction of sp³-hybridized carbons (Fsp3) is 0.211. The van der Waals surface area contributed by atoms with Crippen LogP contribution in [0.25, 0.3) is 0 Å². The largest absolute Gasteiger partial charge is 0.497 e. The molecule has 0 bridgehead atoms. The number of rotatable bonds is 9. The molecule has 0 saturated heterocycles.